The van der Waals surface area contributed by atoms with Crippen molar-refractivity contribution in [1.29, 1.82) is 0 Å². The highest BCUT2D eigenvalue weighted by atomic mass is 16.5. The van der Waals surface area contributed by atoms with Crippen LogP contribution in [0.15, 0.2) is 0 Å². The van der Waals surface area contributed by atoms with Crippen molar-refractivity contribution in [3.63, 3.8) is 0 Å². The molecule has 2 nitrogen and oxygen atoms in total. The van der Waals surface area contributed by atoms with Gasteiger partial charge < -0.3 is 9.84 Å². The van der Waals surface area contributed by atoms with Gasteiger partial charge in [0.1, 0.15) is 0 Å². The van der Waals surface area contributed by atoms with Crippen LogP contribution in [-0.4, -0.2) is 23.4 Å². The molecule has 0 bridgehead atoms. The van der Waals surface area contributed by atoms with Gasteiger partial charge in [-0.2, -0.15) is 0 Å². The number of rotatable bonds is 3. The van der Waals surface area contributed by atoms with Crippen molar-refractivity contribution in [2.45, 2.75) is 83.8 Å². The molecule has 2 unspecified atom stereocenters. The number of aliphatic hydroxyl groups excluding tert-OH is 1. The molecule has 1 saturated carbocycles. The molecule has 1 N–H and O–H groups in total. The minimum absolute atomic E-state index is 0.0240. The standard InChI is InChI=1S/C16H30O2/c1-15(2,3)14(17)7-6-13-8-11-18-16(12-13)9-4-5-10-16/h13-14,17H,4-12H2,1-3H3. The normalized spacial score (nSPS) is 29.7. The first-order chi connectivity index (χ1) is 8.41. The summed E-state index contributed by atoms with van der Waals surface area (Å²) in [5.74, 6) is 0.772. The monoisotopic (exact) mass is 254 g/mol. The highest BCUT2D eigenvalue weighted by Gasteiger charge is 2.39. The molecule has 2 heteroatoms. The Kier molecular flexibility index (Phi) is 4.38. The third-order valence-electron chi connectivity index (χ3n) is 4.96. The van der Waals surface area contributed by atoms with E-state index in [4.69, 9.17) is 4.74 Å². The van der Waals surface area contributed by atoms with E-state index in [0.29, 0.717) is 0 Å². The summed E-state index contributed by atoms with van der Waals surface area (Å²) in [7, 11) is 0. The van der Waals surface area contributed by atoms with Gasteiger partial charge in [-0.05, 0) is 49.9 Å². The van der Waals surface area contributed by atoms with Crippen LogP contribution in [0.1, 0.15) is 72.1 Å². The Morgan fingerprint density at radius 3 is 2.56 bits per heavy atom. The summed E-state index contributed by atoms with van der Waals surface area (Å²) >= 11 is 0. The maximum atomic E-state index is 10.1. The maximum Gasteiger partial charge on any atom is 0.0685 e. The van der Waals surface area contributed by atoms with E-state index in [9.17, 15) is 5.11 Å². The fourth-order valence-electron chi connectivity index (χ4n) is 3.57. The molecule has 1 aliphatic heterocycles. The minimum atomic E-state index is -0.167. The highest BCUT2D eigenvalue weighted by Crippen LogP contribution is 2.43. The van der Waals surface area contributed by atoms with Crippen LogP contribution in [-0.2, 0) is 4.74 Å². The first-order valence-corrected chi connectivity index (χ1v) is 7.73. The summed E-state index contributed by atoms with van der Waals surface area (Å²) in [6.07, 6.45) is 9.61. The zero-order valence-corrected chi connectivity index (χ0v) is 12.4. The molecule has 0 aromatic heterocycles. The molecule has 0 amide bonds. The molecule has 1 heterocycles. The summed E-state index contributed by atoms with van der Waals surface area (Å²) in [6, 6.07) is 0. The van der Waals surface area contributed by atoms with Gasteiger partial charge in [-0.3, -0.25) is 0 Å². The van der Waals surface area contributed by atoms with Crippen LogP contribution >= 0.6 is 0 Å². The number of ether oxygens (including phenoxy) is 1. The average Bonchev–Trinajstić information content (AvgIpc) is 2.73. The third kappa shape index (κ3) is 3.48. The van der Waals surface area contributed by atoms with Crippen molar-refractivity contribution in [1.82, 2.24) is 0 Å². The minimum Gasteiger partial charge on any atom is -0.393 e. The van der Waals surface area contributed by atoms with Crippen molar-refractivity contribution in [3.8, 4) is 0 Å². The van der Waals surface area contributed by atoms with E-state index in [2.05, 4.69) is 20.8 Å². The Morgan fingerprint density at radius 1 is 1.28 bits per heavy atom. The van der Waals surface area contributed by atoms with Crippen LogP contribution < -0.4 is 0 Å². The topological polar surface area (TPSA) is 29.5 Å². The van der Waals surface area contributed by atoms with Crippen molar-refractivity contribution in [3.05, 3.63) is 0 Å². The van der Waals surface area contributed by atoms with E-state index in [1.165, 1.54) is 44.9 Å². The van der Waals surface area contributed by atoms with E-state index >= 15 is 0 Å². The lowest BCUT2D eigenvalue weighted by Crippen LogP contribution is -2.37. The van der Waals surface area contributed by atoms with Crippen molar-refractivity contribution in [2.75, 3.05) is 6.61 Å². The van der Waals surface area contributed by atoms with E-state index in [-0.39, 0.29) is 17.1 Å². The maximum absolute atomic E-state index is 10.1. The van der Waals surface area contributed by atoms with Crippen molar-refractivity contribution < 1.29 is 9.84 Å². The van der Waals surface area contributed by atoms with E-state index < -0.39 is 0 Å². The molecule has 2 atom stereocenters. The smallest absolute Gasteiger partial charge is 0.0685 e. The molecule has 18 heavy (non-hydrogen) atoms. The summed E-state index contributed by atoms with van der Waals surface area (Å²) in [6.45, 7) is 7.32. The van der Waals surface area contributed by atoms with Crippen LogP contribution in [0, 0.1) is 11.3 Å². The second-order valence-corrected chi connectivity index (χ2v) is 7.56. The van der Waals surface area contributed by atoms with Gasteiger partial charge in [0.2, 0.25) is 0 Å². The van der Waals surface area contributed by atoms with Gasteiger partial charge in [0.25, 0.3) is 0 Å². The number of aliphatic hydroxyl groups is 1. The predicted octanol–water partition coefficient (Wildman–Crippen LogP) is 3.91. The van der Waals surface area contributed by atoms with E-state index in [1.807, 2.05) is 0 Å². The summed E-state index contributed by atoms with van der Waals surface area (Å²) < 4.78 is 6.07. The molecule has 1 spiro atoms. The molecular formula is C16H30O2. The second-order valence-electron chi connectivity index (χ2n) is 7.56. The molecule has 2 aliphatic rings. The Labute approximate surface area is 112 Å². The van der Waals surface area contributed by atoms with Crippen LogP contribution in [0.5, 0.6) is 0 Å². The van der Waals surface area contributed by atoms with Gasteiger partial charge in [0.05, 0.1) is 11.7 Å². The number of hydrogen-bond acceptors (Lipinski definition) is 2. The SMILES string of the molecule is CC(C)(C)C(O)CCC1CCOC2(CCCC2)C1. The molecule has 0 aromatic carbocycles. The van der Waals surface area contributed by atoms with Crippen LogP contribution in [0.3, 0.4) is 0 Å². The first kappa shape index (κ1) is 14.3. The largest absolute Gasteiger partial charge is 0.393 e. The van der Waals surface area contributed by atoms with Gasteiger partial charge in [-0.15, -0.1) is 0 Å². The third-order valence-corrected chi connectivity index (χ3v) is 4.96. The number of hydrogen-bond donors (Lipinski definition) is 1. The fourth-order valence-corrected chi connectivity index (χ4v) is 3.57. The van der Waals surface area contributed by atoms with Crippen molar-refractivity contribution in [2.24, 2.45) is 11.3 Å². The molecular weight excluding hydrogens is 224 g/mol. The Morgan fingerprint density at radius 2 is 1.94 bits per heavy atom. The summed E-state index contributed by atoms with van der Waals surface area (Å²) in [4.78, 5) is 0. The van der Waals surface area contributed by atoms with Gasteiger partial charge in [0, 0.05) is 6.61 Å². The molecule has 106 valence electrons. The zero-order chi connectivity index (χ0) is 13.2. The molecule has 2 fully saturated rings. The Bertz CT molecular complexity index is 261. The average molecular weight is 254 g/mol. The highest BCUT2D eigenvalue weighted by molar-refractivity contribution is 4.91. The summed E-state index contributed by atoms with van der Waals surface area (Å²) in [5.41, 5.74) is 0.256. The molecule has 0 aromatic rings. The van der Waals surface area contributed by atoms with Crippen LogP contribution in [0.4, 0.5) is 0 Å². The molecule has 1 aliphatic carbocycles. The lowest BCUT2D eigenvalue weighted by molar-refractivity contribution is -0.0958. The second kappa shape index (κ2) is 5.50. The molecule has 0 radical (unpaired) electrons. The van der Waals surface area contributed by atoms with Crippen molar-refractivity contribution >= 4 is 0 Å². The van der Waals surface area contributed by atoms with Crippen LogP contribution in [0.25, 0.3) is 0 Å². The zero-order valence-electron chi connectivity index (χ0n) is 12.4. The van der Waals surface area contributed by atoms with Gasteiger partial charge in [-0.1, -0.05) is 33.6 Å². The fraction of sp³-hybridized carbons (Fsp3) is 1.00. The summed E-state index contributed by atoms with van der Waals surface area (Å²) in [5, 5.41) is 10.1. The van der Waals surface area contributed by atoms with Gasteiger partial charge in [-0.25, -0.2) is 0 Å². The lowest BCUT2D eigenvalue weighted by atomic mass is 9.79. The van der Waals surface area contributed by atoms with E-state index in [0.717, 1.165) is 18.9 Å². The lowest BCUT2D eigenvalue weighted by Gasteiger charge is -2.39. The van der Waals surface area contributed by atoms with Gasteiger partial charge >= 0.3 is 0 Å². The van der Waals surface area contributed by atoms with E-state index in [1.54, 1.807) is 0 Å². The van der Waals surface area contributed by atoms with Gasteiger partial charge in [0.15, 0.2) is 0 Å². The quantitative estimate of drug-likeness (QED) is 0.827. The Hall–Kier alpha value is -0.0800. The first-order valence-electron chi connectivity index (χ1n) is 7.73. The predicted molar refractivity (Wildman–Crippen MR) is 74.6 cm³/mol. The molecule has 1 saturated heterocycles. The Balaban J connectivity index is 1.79. The molecule has 2 rings (SSSR count). The van der Waals surface area contributed by atoms with Crippen LogP contribution in [0.2, 0.25) is 0 Å².